The van der Waals surface area contributed by atoms with Gasteiger partial charge in [0.2, 0.25) is 0 Å². The number of nitrogens with one attached hydrogen (secondary N) is 1. The first kappa shape index (κ1) is 14.3. The molecular formula is C16H18FNO2. The lowest BCUT2D eigenvalue weighted by Gasteiger charge is -2.31. The van der Waals surface area contributed by atoms with E-state index >= 15 is 0 Å². The highest BCUT2D eigenvalue weighted by Gasteiger charge is 2.28. The van der Waals surface area contributed by atoms with E-state index < -0.39 is 5.54 Å². The van der Waals surface area contributed by atoms with Gasteiger partial charge in [0.05, 0.1) is 19.3 Å². The third kappa shape index (κ3) is 2.91. The van der Waals surface area contributed by atoms with Crippen molar-refractivity contribution in [3.05, 3.63) is 59.9 Å². The van der Waals surface area contributed by atoms with Crippen LogP contribution in [0.5, 0.6) is 5.75 Å². The van der Waals surface area contributed by atoms with Gasteiger partial charge in [0.1, 0.15) is 11.6 Å². The monoisotopic (exact) mass is 275 g/mol. The first-order valence-corrected chi connectivity index (χ1v) is 6.37. The van der Waals surface area contributed by atoms with E-state index in [2.05, 4.69) is 5.32 Å². The molecule has 4 heteroatoms. The second kappa shape index (κ2) is 5.92. The summed E-state index contributed by atoms with van der Waals surface area (Å²) in [5, 5.41) is 12.8. The van der Waals surface area contributed by atoms with E-state index in [1.54, 1.807) is 32.2 Å². The average molecular weight is 275 g/mol. The Kier molecular flexibility index (Phi) is 4.25. The molecule has 1 unspecified atom stereocenters. The summed E-state index contributed by atoms with van der Waals surface area (Å²) in [4.78, 5) is 0. The molecule has 0 saturated heterocycles. The van der Waals surface area contributed by atoms with Crippen LogP contribution in [0.25, 0.3) is 0 Å². The highest BCUT2D eigenvalue weighted by molar-refractivity contribution is 5.50. The Morgan fingerprint density at radius 2 is 1.80 bits per heavy atom. The summed E-state index contributed by atoms with van der Waals surface area (Å²) in [7, 11) is 1.60. The highest BCUT2D eigenvalue weighted by Crippen LogP contribution is 2.28. The number of ether oxygens (including phenoxy) is 1. The predicted molar refractivity (Wildman–Crippen MR) is 77.5 cm³/mol. The summed E-state index contributed by atoms with van der Waals surface area (Å²) in [5.41, 5.74) is 0.323. The van der Waals surface area contributed by atoms with Crippen LogP contribution in [0.4, 0.5) is 10.1 Å². The molecule has 0 aliphatic rings. The molecule has 1 atom stereocenters. The zero-order valence-corrected chi connectivity index (χ0v) is 11.6. The number of aliphatic hydroxyl groups is 1. The van der Waals surface area contributed by atoms with Gasteiger partial charge >= 0.3 is 0 Å². The lowest BCUT2D eigenvalue weighted by molar-refractivity contribution is 0.220. The molecule has 2 aromatic rings. The molecule has 0 spiro atoms. The zero-order chi connectivity index (χ0) is 14.6. The van der Waals surface area contributed by atoms with Crippen LogP contribution in [0.1, 0.15) is 12.5 Å². The van der Waals surface area contributed by atoms with Gasteiger partial charge in [-0.2, -0.15) is 0 Å². The first-order valence-electron chi connectivity index (χ1n) is 6.37. The molecule has 0 fully saturated rings. The predicted octanol–water partition coefficient (Wildman–Crippen LogP) is 3.15. The molecule has 0 heterocycles. The Morgan fingerprint density at radius 1 is 1.15 bits per heavy atom. The number of anilines is 1. The molecule has 2 N–H and O–H groups in total. The molecule has 0 radical (unpaired) electrons. The van der Waals surface area contributed by atoms with Crippen molar-refractivity contribution in [2.45, 2.75) is 12.5 Å². The van der Waals surface area contributed by atoms with Crippen molar-refractivity contribution in [3.8, 4) is 5.75 Å². The summed E-state index contributed by atoms with van der Waals surface area (Å²) >= 11 is 0. The maximum atomic E-state index is 13.9. The molecule has 20 heavy (non-hydrogen) atoms. The zero-order valence-electron chi connectivity index (χ0n) is 11.6. The molecule has 3 nitrogen and oxygen atoms in total. The fraction of sp³-hybridized carbons (Fsp3) is 0.250. The third-order valence-corrected chi connectivity index (χ3v) is 3.29. The molecular weight excluding hydrogens is 257 g/mol. The van der Waals surface area contributed by atoms with Crippen LogP contribution in [-0.2, 0) is 5.54 Å². The Morgan fingerprint density at radius 3 is 2.35 bits per heavy atom. The Bertz CT molecular complexity index is 571. The first-order chi connectivity index (χ1) is 9.59. The van der Waals surface area contributed by atoms with E-state index in [1.807, 2.05) is 24.3 Å². The van der Waals surface area contributed by atoms with Crippen molar-refractivity contribution >= 4 is 5.69 Å². The summed E-state index contributed by atoms with van der Waals surface area (Å²) in [6.45, 7) is 1.54. The van der Waals surface area contributed by atoms with Gasteiger partial charge in [-0.15, -0.1) is 0 Å². The molecule has 0 aromatic heterocycles. The molecule has 0 saturated carbocycles. The van der Waals surface area contributed by atoms with Crippen molar-refractivity contribution in [1.29, 1.82) is 0 Å². The molecule has 0 aliphatic heterocycles. The van der Waals surface area contributed by atoms with Crippen LogP contribution in [0.2, 0.25) is 0 Å². The summed E-state index contributed by atoms with van der Waals surface area (Å²) < 4.78 is 19.0. The number of methoxy groups -OCH3 is 1. The fourth-order valence-electron chi connectivity index (χ4n) is 2.09. The number of rotatable bonds is 5. The van der Waals surface area contributed by atoms with Crippen LogP contribution in [0, 0.1) is 5.82 Å². The van der Waals surface area contributed by atoms with Crippen molar-refractivity contribution in [3.63, 3.8) is 0 Å². The number of hydrogen-bond donors (Lipinski definition) is 2. The number of benzene rings is 2. The SMILES string of the molecule is COc1ccc(NC(C)(CO)c2ccccc2F)cc1. The molecule has 2 aromatic carbocycles. The highest BCUT2D eigenvalue weighted by atomic mass is 19.1. The Labute approximate surface area is 118 Å². The average Bonchev–Trinajstić information content (AvgIpc) is 2.48. The second-order valence-electron chi connectivity index (χ2n) is 4.82. The van der Waals surface area contributed by atoms with Crippen LogP contribution in [-0.4, -0.2) is 18.8 Å². The van der Waals surface area contributed by atoms with Gasteiger partial charge in [0, 0.05) is 11.3 Å². The molecule has 106 valence electrons. The van der Waals surface area contributed by atoms with Crippen LogP contribution >= 0.6 is 0 Å². The van der Waals surface area contributed by atoms with Gasteiger partial charge in [0.15, 0.2) is 0 Å². The lowest BCUT2D eigenvalue weighted by Crippen LogP contribution is -2.36. The normalized spacial score (nSPS) is 13.6. The maximum Gasteiger partial charge on any atom is 0.128 e. The van der Waals surface area contributed by atoms with E-state index in [4.69, 9.17) is 4.74 Å². The van der Waals surface area contributed by atoms with Gasteiger partial charge < -0.3 is 15.2 Å². The molecule has 0 amide bonds. The van der Waals surface area contributed by atoms with Gasteiger partial charge in [0.25, 0.3) is 0 Å². The summed E-state index contributed by atoms with van der Waals surface area (Å²) in [5.74, 6) is 0.400. The minimum absolute atomic E-state index is 0.222. The third-order valence-electron chi connectivity index (χ3n) is 3.29. The van der Waals surface area contributed by atoms with Gasteiger partial charge in [-0.25, -0.2) is 4.39 Å². The van der Waals surface area contributed by atoms with E-state index in [9.17, 15) is 9.50 Å². The van der Waals surface area contributed by atoms with Crippen LogP contribution < -0.4 is 10.1 Å². The topological polar surface area (TPSA) is 41.5 Å². The van der Waals surface area contributed by atoms with Crippen LogP contribution in [0.15, 0.2) is 48.5 Å². The standard InChI is InChI=1S/C16H18FNO2/c1-16(11-19,14-5-3-4-6-15(14)17)18-12-7-9-13(20-2)10-8-12/h3-10,18-19H,11H2,1-2H3. The summed E-state index contributed by atoms with van der Waals surface area (Å²) in [6.07, 6.45) is 0. The number of aliphatic hydroxyl groups excluding tert-OH is 1. The number of hydrogen-bond acceptors (Lipinski definition) is 3. The van der Waals surface area contributed by atoms with Crippen molar-refractivity contribution < 1.29 is 14.2 Å². The Hall–Kier alpha value is -2.07. The van der Waals surface area contributed by atoms with Crippen molar-refractivity contribution in [2.75, 3.05) is 19.0 Å². The molecule has 2 rings (SSSR count). The smallest absolute Gasteiger partial charge is 0.128 e. The fourth-order valence-corrected chi connectivity index (χ4v) is 2.09. The number of halogens is 1. The maximum absolute atomic E-state index is 13.9. The largest absolute Gasteiger partial charge is 0.497 e. The molecule has 0 aliphatic carbocycles. The van der Waals surface area contributed by atoms with Gasteiger partial charge in [-0.05, 0) is 37.3 Å². The van der Waals surface area contributed by atoms with E-state index in [-0.39, 0.29) is 12.4 Å². The van der Waals surface area contributed by atoms with Gasteiger partial charge in [-0.3, -0.25) is 0 Å². The van der Waals surface area contributed by atoms with Crippen molar-refractivity contribution in [1.82, 2.24) is 0 Å². The summed E-state index contributed by atoms with van der Waals surface area (Å²) in [6, 6.07) is 13.7. The quantitative estimate of drug-likeness (QED) is 0.880. The van der Waals surface area contributed by atoms with Gasteiger partial charge in [-0.1, -0.05) is 18.2 Å². The lowest BCUT2D eigenvalue weighted by atomic mass is 9.92. The molecule has 0 bridgehead atoms. The minimum Gasteiger partial charge on any atom is -0.497 e. The van der Waals surface area contributed by atoms with E-state index in [0.717, 1.165) is 11.4 Å². The van der Waals surface area contributed by atoms with Crippen molar-refractivity contribution in [2.24, 2.45) is 0 Å². The van der Waals surface area contributed by atoms with Crippen LogP contribution in [0.3, 0.4) is 0 Å². The van der Waals surface area contributed by atoms with E-state index in [1.165, 1.54) is 6.07 Å². The Balaban J connectivity index is 2.29. The minimum atomic E-state index is -0.889. The van der Waals surface area contributed by atoms with E-state index in [0.29, 0.717) is 5.56 Å². The second-order valence-corrected chi connectivity index (χ2v) is 4.82.